The van der Waals surface area contributed by atoms with E-state index in [1.54, 1.807) is 32.5 Å². The van der Waals surface area contributed by atoms with Crippen LogP contribution in [0.5, 0.6) is 0 Å². The summed E-state index contributed by atoms with van der Waals surface area (Å²) in [6, 6.07) is -0.715. The molecule has 2 rings (SSSR count). The Morgan fingerprint density at radius 1 is 1.29 bits per heavy atom. The summed E-state index contributed by atoms with van der Waals surface area (Å²) in [6.07, 6.45) is 3.02. The fourth-order valence-corrected chi connectivity index (χ4v) is 4.59. The number of rotatable bonds is 8. The minimum Gasteiger partial charge on any atom is -0.444 e. The molecule has 1 aliphatic heterocycles. The van der Waals surface area contributed by atoms with Crippen LogP contribution in [0.25, 0.3) is 0 Å². The summed E-state index contributed by atoms with van der Waals surface area (Å²) in [5, 5.41) is 6.00. The van der Waals surface area contributed by atoms with Gasteiger partial charge in [0.25, 0.3) is 0 Å². The first-order valence-electron chi connectivity index (χ1n) is 10.5. The number of hydrogen-bond donors (Lipinski definition) is 2. The minimum atomic E-state index is -0.715. The van der Waals surface area contributed by atoms with E-state index in [1.807, 2.05) is 25.0 Å². The highest BCUT2D eigenvalue weighted by atomic mass is 32.2. The number of nitrogens with one attached hydrogen (secondary N) is 2. The van der Waals surface area contributed by atoms with Gasteiger partial charge in [-0.1, -0.05) is 25.2 Å². The van der Waals surface area contributed by atoms with E-state index in [-0.39, 0.29) is 11.8 Å². The van der Waals surface area contributed by atoms with Gasteiger partial charge in [-0.3, -0.25) is 9.59 Å². The zero-order valence-electron chi connectivity index (χ0n) is 19.2. The summed E-state index contributed by atoms with van der Waals surface area (Å²) in [5.41, 5.74) is 0.285. The Bertz CT molecular complexity index is 789. The highest BCUT2D eigenvalue weighted by Crippen LogP contribution is 2.29. The lowest BCUT2D eigenvalue weighted by Gasteiger charge is -2.26. The smallest absolute Gasteiger partial charge is 0.408 e. The van der Waals surface area contributed by atoms with E-state index >= 15 is 0 Å². The van der Waals surface area contributed by atoms with Gasteiger partial charge in [-0.25, -0.2) is 9.78 Å². The standard InChI is InChI=1S/C21H34N4O4S2/c1-13(2)11-17(26)25-9-7-14-16(12-25)31-19(22-14)24-18(27)15(8-10-30-6)23-20(28)29-21(3,4)5/h13,15H,7-12H2,1-6H3,(H,23,28)(H,22,24,27). The summed E-state index contributed by atoms with van der Waals surface area (Å²) in [6.45, 7) is 10.6. The highest BCUT2D eigenvalue weighted by Gasteiger charge is 2.27. The van der Waals surface area contributed by atoms with Crippen molar-refractivity contribution >= 4 is 46.1 Å². The molecule has 2 N–H and O–H groups in total. The molecule has 1 aromatic rings. The number of nitrogens with zero attached hydrogens (tertiary/aromatic N) is 2. The van der Waals surface area contributed by atoms with Crippen molar-refractivity contribution in [3.8, 4) is 0 Å². The van der Waals surface area contributed by atoms with Gasteiger partial charge in [0, 0.05) is 24.3 Å². The van der Waals surface area contributed by atoms with E-state index in [9.17, 15) is 14.4 Å². The van der Waals surface area contributed by atoms with E-state index in [2.05, 4.69) is 15.6 Å². The summed E-state index contributed by atoms with van der Waals surface area (Å²) in [7, 11) is 0. The minimum absolute atomic E-state index is 0.151. The van der Waals surface area contributed by atoms with Crippen LogP contribution in [0.1, 0.15) is 58.0 Å². The van der Waals surface area contributed by atoms with Crippen molar-refractivity contribution in [2.24, 2.45) is 5.92 Å². The van der Waals surface area contributed by atoms with Gasteiger partial charge < -0.3 is 20.3 Å². The predicted octanol–water partition coefficient (Wildman–Crippen LogP) is 3.66. The molecule has 3 amide bonds. The monoisotopic (exact) mass is 470 g/mol. The molecule has 1 atom stereocenters. The molecule has 0 fully saturated rings. The number of fused-ring (bicyclic) bond motifs is 1. The first-order valence-corrected chi connectivity index (χ1v) is 12.7. The molecule has 10 heteroatoms. The maximum absolute atomic E-state index is 12.8. The van der Waals surface area contributed by atoms with Crippen LogP contribution in [-0.4, -0.2) is 58.0 Å². The maximum atomic E-state index is 12.8. The van der Waals surface area contributed by atoms with Crippen LogP contribution in [0.2, 0.25) is 0 Å². The Morgan fingerprint density at radius 3 is 2.61 bits per heavy atom. The average Bonchev–Trinajstić information content (AvgIpc) is 3.04. The van der Waals surface area contributed by atoms with Gasteiger partial charge in [-0.05, 0) is 45.1 Å². The van der Waals surface area contributed by atoms with Gasteiger partial charge >= 0.3 is 6.09 Å². The number of carbonyl (C=O) groups excluding carboxylic acids is 3. The average molecular weight is 471 g/mol. The van der Waals surface area contributed by atoms with Gasteiger partial charge in [0.1, 0.15) is 11.6 Å². The van der Waals surface area contributed by atoms with E-state index < -0.39 is 17.7 Å². The molecule has 0 bridgehead atoms. The van der Waals surface area contributed by atoms with Gasteiger partial charge in [0.2, 0.25) is 11.8 Å². The van der Waals surface area contributed by atoms with Gasteiger partial charge in [-0.15, -0.1) is 0 Å². The third-order valence-corrected chi connectivity index (χ3v) is 6.16. The Hall–Kier alpha value is -1.81. The van der Waals surface area contributed by atoms with Crippen LogP contribution < -0.4 is 10.6 Å². The highest BCUT2D eigenvalue weighted by molar-refractivity contribution is 7.98. The maximum Gasteiger partial charge on any atom is 0.408 e. The molecular weight excluding hydrogens is 436 g/mol. The van der Waals surface area contributed by atoms with Crippen molar-refractivity contribution < 1.29 is 19.1 Å². The quantitative estimate of drug-likeness (QED) is 0.601. The summed E-state index contributed by atoms with van der Waals surface area (Å²) >= 11 is 2.99. The number of hydrogen-bond acceptors (Lipinski definition) is 7. The number of carbonyl (C=O) groups is 3. The van der Waals surface area contributed by atoms with Crippen molar-refractivity contribution in [1.29, 1.82) is 0 Å². The number of ether oxygens (including phenoxy) is 1. The molecule has 8 nitrogen and oxygen atoms in total. The number of amides is 3. The Morgan fingerprint density at radius 2 is 2.00 bits per heavy atom. The summed E-state index contributed by atoms with van der Waals surface area (Å²) < 4.78 is 5.29. The Labute approximate surface area is 192 Å². The normalized spacial score (nSPS) is 14.7. The van der Waals surface area contributed by atoms with E-state index in [4.69, 9.17) is 4.74 Å². The van der Waals surface area contributed by atoms with E-state index in [0.29, 0.717) is 43.4 Å². The number of thioether (sulfide) groups is 1. The SMILES string of the molecule is CSCCC(NC(=O)OC(C)(C)C)C(=O)Nc1nc2c(s1)CN(C(=O)CC(C)C)CC2. The molecule has 2 heterocycles. The molecule has 1 aromatic heterocycles. The third-order valence-electron chi connectivity index (χ3n) is 4.52. The molecule has 0 saturated carbocycles. The number of thiazole rings is 1. The Kier molecular flexibility index (Phi) is 9.17. The molecule has 0 saturated heterocycles. The number of alkyl carbamates (subject to hydrolysis) is 1. The van der Waals surface area contributed by atoms with Crippen molar-refractivity contribution in [3.63, 3.8) is 0 Å². The second-order valence-corrected chi connectivity index (χ2v) is 11.1. The van der Waals surface area contributed by atoms with Crippen LogP contribution in [0, 0.1) is 5.92 Å². The zero-order valence-corrected chi connectivity index (χ0v) is 20.9. The van der Waals surface area contributed by atoms with Crippen LogP contribution >= 0.6 is 23.1 Å². The van der Waals surface area contributed by atoms with Gasteiger partial charge in [0.05, 0.1) is 12.2 Å². The van der Waals surface area contributed by atoms with E-state index in [0.717, 1.165) is 16.3 Å². The molecule has 174 valence electrons. The molecular formula is C21H34N4O4S2. The van der Waals surface area contributed by atoms with Crippen LogP contribution in [0.4, 0.5) is 9.93 Å². The topological polar surface area (TPSA) is 101 Å². The molecule has 0 spiro atoms. The molecule has 0 radical (unpaired) electrons. The fourth-order valence-electron chi connectivity index (χ4n) is 3.09. The van der Waals surface area contributed by atoms with Crippen molar-refractivity contribution in [2.45, 2.75) is 72.1 Å². The van der Waals surface area contributed by atoms with Crippen LogP contribution in [0.3, 0.4) is 0 Å². The lowest BCUT2D eigenvalue weighted by molar-refractivity contribution is -0.132. The Balaban J connectivity index is 2.02. The molecule has 31 heavy (non-hydrogen) atoms. The molecule has 0 aromatic carbocycles. The second kappa shape index (κ2) is 11.2. The lowest BCUT2D eigenvalue weighted by atomic mass is 10.1. The first-order chi connectivity index (χ1) is 14.5. The largest absolute Gasteiger partial charge is 0.444 e. The molecule has 1 aliphatic rings. The zero-order chi connectivity index (χ0) is 23.2. The molecule has 0 aliphatic carbocycles. The van der Waals surface area contributed by atoms with E-state index in [1.165, 1.54) is 11.3 Å². The van der Waals surface area contributed by atoms with Gasteiger partial charge in [-0.2, -0.15) is 11.8 Å². The first kappa shape index (κ1) is 25.5. The summed E-state index contributed by atoms with van der Waals surface area (Å²) in [4.78, 5) is 44.8. The van der Waals surface area contributed by atoms with Crippen molar-refractivity contribution in [3.05, 3.63) is 10.6 Å². The fraction of sp³-hybridized carbons (Fsp3) is 0.714. The summed E-state index contributed by atoms with van der Waals surface area (Å²) in [5.74, 6) is 0.868. The van der Waals surface area contributed by atoms with Crippen molar-refractivity contribution in [2.75, 3.05) is 23.9 Å². The molecule has 1 unspecified atom stereocenters. The van der Waals surface area contributed by atoms with Crippen LogP contribution in [-0.2, 0) is 27.3 Å². The predicted molar refractivity (Wildman–Crippen MR) is 125 cm³/mol. The second-order valence-electron chi connectivity index (χ2n) is 9.02. The lowest BCUT2D eigenvalue weighted by Crippen LogP contribution is -2.46. The van der Waals surface area contributed by atoms with Crippen molar-refractivity contribution in [1.82, 2.24) is 15.2 Å². The van der Waals surface area contributed by atoms with Gasteiger partial charge in [0.15, 0.2) is 5.13 Å². The number of aromatic nitrogens is 1. The number of anilines is 1. The third kappa shape index (κ3) is 8.33. The van der Waals surface area contributed by atoms with Crippen LogP contribution in [0.15, 0.2) is 0 Å².